The maximum Gasteiger partial charge on any atom is 0.199 e. The molecule has 0 heterocycles. The fourth-order valence-corrected chi connectivity index (χ4v) is 1.73. The van der Waals surface area contributed by atoms with Gasteiger partial charge in [0.15, 0.2) is 10.6 Å². The van der Waals surface area contributed by atoms with Crippen LogP contribution < -0.4 is 4.74 Å². The summed E-state index contributed by atoms with van der Waals surface area (Å²) >= 11 is 11.1. The monoisotopic (exact) mass is 246 g/mol. The molecule has 0 spiro atoms. The largest absolute Gasteiger partial charge is 0.496 e. The zero-order chi connectivity index (χ0) is 11.6. The number of hydrogen-bond donors (Lipinski definition) is 0. The predicted octanol–water partition coefficient (Wildman–Crippen LogP) is 3.30. The van der Waals surface area contributed by atoms with Crippen LogP contribution in [0.5, 0.6) is 5.75 Å². The van der Waals surface area contributed by atoms with E-state index in [1.54, 1.807) is 6.07 Å². The van der Waals surface area contributed by atoms with Crippen LogP contribution in [-0.4, -0.2) is 17.7 Å². The number of halogens is 2. The number of methoxy groups -OCH3 is 1. The number of Topliss-reactive ketones (excluding diaryl/α,β-unsaturated/α-hetero) is 1. The van der Waals surface area contributed by atoms with Crippen molar-refractivity contribution in [1.29, 1.82) is 0 Å². The summed E-state index contributed by atoms with van der Waals surface area (Å²) in [6, 6.07) is 3.68. The summed E-state index contributed by atoms with van der Waals surface area (Å²) in [4.78, 5) is 10.7. The van der Waals surface area contributed by atoms with E-state index in [2.05, 4.69) is 0 Å². The average molecular weight is 247 g/mol. The normalized spacial score (nSPS) is 10.5. The number of carbonyl (C=O) groups is 1. The van der Waals surface area contributed by atoms with Crippen molar-refractivity contribution in [3.8, 4) is 5.75 Å². The van der Waals surface area contributed by atoms with Crippen molar-refractivity contribution in [2.45, 2.75) is 18.7 Å². The molecule has 0 fully saturated rings. The summed E-state index contributed by atoms with van der Waals surface area (Å²) in [5, 5.41) is 0. The molecule has 0 bridgehead atoms. The van der Waals surface area contributed by atoms with Crippen molar-refractivity contribution in [2.24, 2.45) is 0 Å². The van der Waals surface area contributed by atoms with E-state index in [4.69, 9.17) is 27.9 Å². The Balaban J connectivity index is 3.33. The van der Waals surface area contributed by atoms with Crippen LogP contribution in [0.2, 0.25) is 0 Å². The Kier molecular flexibility index (Phi) is 4.00. The first-order chi connectivity index (χ1) is 6.97. The number of rotatable bonds is 3. The summed E-state index contributed by atoms with van der Waals surface area (Å²) in [7, 11) is 1.52. The third-order valence-corrected chi connectivity index (χ3v) is 2.50. The number of benzene rings is 1. The van der Waals surface area contributed by atoms with Crippen LogP contribution in [0.4, 0.5) is 0 Å². The molecule has 1 aromatic rings. The van der Waals surface area contributed by atoms with Gasteiger partial charge in [-0.3, -0.25) is 4.79 Å². The minimum atomic E-state index is -1.06. The van der Waals surface area contributed by atoms with E-state index in [0.717, 1.165) is 11.1 Å². The maximum atomic E-state index is 11.7. The van der Waals surface area contributed by atoms with Crippen LogP contribution in [0.1, 0.15) is 21.5 Å². The second-order valence-electron chi connectivity index (χ2n) is 3.32. The van der Waals surface area contributed by atoms with Gasteiger partial charge in [0.05, 0.1) is 12.7 Å². The number of alkyl halides is 2. The Hall–Kier alpha value is -0.730. The first kappa shape index (κ1) is 12.3. The lowest BCUT2D eigenvalue weighted by molar-refractivity contribution is 0.100. The molecule has 0 aliphatic carbocycles. The molecule has 15 heavy (non-hydrogen) atoms. The van der Waals surface area contributed by atoms with Gasteiger partial charge < -0.3 is 4.74 Å². The average Bonchev–Trinajstić information content (AvgIpc) is 2.15. The van der Waals surface area contributed by atoms with E-state index >= 15 is 0 Å². The third kappa shape index (κ3) is 2.64. The van der Waals surface area contributed by atoms with Crippen molar-refractivity contribution >= 4 is 29.0 Å². The van der Waals surface area contributed by atoms with Gasteiger partial charge in [-0.2, -0.15) is 0 Å². The molecule has 0 aliphatic rings. The topological polar surface area (TPSA) is 26.3 Å². The molecule has 0 radical (unpaired) electrons. The van der Waals surface area contributed by atoms with Gasteiger partial charge in [0.1, 0.15) is 5.75 Å². The molecule has 1 rings (SSSR count). The third-order valence-electron chi connectivity index (χ3n) is 2.11. The minimum absolute atomic E-state index is 0.326. The van der Waals surface area contributed by atoms with E-state index in [1.807, 2.05) is 19.9 Å². The lowest BCUT2D eigenvalue weighted by atomic mass is 10.0. The summed E-state index contributed by atoms with van der Waals surface area (Å²) in [6.07, 6.45) is 0. The van der Waals surface area contributed by atoms with Gasteiger partial charge in [-0.1, -0.05) is 29.3 Å². The van der Waals surface area contributed by atoms with Crippen LogP contribution in [0, 0.1) is 13.8 Å². The maximum absolute atomic E-state index is 11.7. The van der Waals surface area contributed by atoms with Crippen LogP contribution in [0.3, 0.4) is 0 Å². The van der Waals surface area contributed by atoms with Crippen LogP contribution in [0.15, 0.2) is 12.1 Å². The zero-order valence-electron chi connectivity index (χ0n) is 8.80. The van der Waals surface area contributed by atoms with E-state index in [1.165, 1.54) is 7.11 Å². The molecular weight excluding hydrogens is 235 g/mol. The molecule has 0 atom stereocenters. The van der Waals surface area contributed by atoms with Crippen molar-refractivity contribution in [3.05, 3.63) is 28.8 Å². The molecule has 0 amide bonds. The molecule has 4 heteroatoms. The number of hydrogen-bond acceptors (Lipinski definition) is 2. The molecule has 82 valence electrons. The van der Waals surface area contributed by atoms with Crippen molar-refractivity contribution in [1.82, 2.24) is 0 Å². The van der Waals surface area contributed by atoms with Crippen LogP contribution in [0.25, 0.3) is 0 Å². The van der Waals surface area contributed by atoms with Crippen molar-refractivity contribution in [2.75, 3.05) is 7.11 Å². The smallest absolute Gasteiger partial charge is 0.199 e. The Morgan fingerprint density at radius 1 is 1.33 bits per heavy atom. The first-order valence-electron chi connectivity index (χ1n) is 4.45. The van der Waals surface area contributed by atoms with Gasteiger partial charge in [0.2, 0.25) is 0 Å². The number of aryl methyl sites for hydroxylation is 2. The zero-order valence-corrected chi connectivity index (χ0v) is 10.3. The van der Waals surface area contributed by atoms with Gasteiger partial charge in [0.25, 0.3) is 0 Å². The Morgan fingerprint density at radius 2 is 1.93 bits per heavy atom. The molecule has 0 saturated heterocycles. The van der Waals surface area contributed by atoms with E-state index in [-0.39, 0.29) is 5.78 Å². The number of carbonyl (C=O) groups excluding carboxylic acids is 1. The Labute approximate surface area is 99.1 Å². The van der Waals surface area contributed by atoms with E-state index in [0.29, 0.717) is 11.3 Å². The Morgan fingerprint density at radius 3 is 2.40 bits per heavy atom. The molecule has 0 N–H and O–H groups in total. The van der Waals surface area contributed by atoms with Crippen molar-refractivity contribution in [3.63, 3.8) is 0 Å². The van der Waals surface area contributed by atoms with Gasteiger partial charge in [-0.15, -0.1) is 0 Å². The highest BCUT2D eigenvalue weighted by Crippen LogP contribution is 2.27. The molecule has 0 saturated carbocycles. The van der Waals surface area contributed by atoms with Gasteiger partial charge in [-0.05, 0) is 31.0 Å². The quantitative estimate of drug-likeness (QED) is 0.605. The van der Waals surface area contributed by atoms with Gasteiger partial charge in [-0.25, -0.2) is 0 Å². The standard InChI is InChI=1S/C11H12Cl2O2/c1-6-4-7(2)9(8(5-6)15-3)10(14)11(12)13/h4-5,11H,1-3H3. The summed E-state index contributed by atoms with van der Waals surface area (Å²) in [6.45, 7) is 3.77. The second-order valence-corrected chi connectivity index (χ2v) is 4.42. The Bertz CT molecular complexity index is 386. The molecule has 1 aromatic carbocycles. The highest BCUT2D eigenvalue weighted by Gasteiger charge is 2.21. The SMILES string of the molecule is COc1cc(C)cc(C)c1C(=O)C(Cl)Cl. The summed E-state index contributed by atoms with van der Waals surface area (Å²) in [5.74, 6) is 0.191. The molecule has 0 unspecified atom stereocenters. The van der Waals surface area contributed by atoms with E-state index in [9.17, 15) is 4.79 Å². The highest BCUT2D eigenvalue weighted by molar-refractivity contribution is 6.55. The lowest BCUT2D eigenvalue weighted by Gasteiger charge is -2.12. The second kappa shape index (κ2) is 4.86. The number of ketones is 1. The molecular formula is C11H12Cl2O2. The highest BCUT2D eigenvalue weighted by atomic mass is 35.5. The molecule has 0 aliphatic heterocycles. The number of ether oxygens (including phenoxy) is 1. The fourth-order valence-electron chi connectivity index (χ4n) is 1.51. The van der Waals surface area contributed by atoms with Crippen molar-refractivity contribution < 1.29 is 9.53 Å². The van der Waals surface area contributed by atoms with Crippen LogP contribution >= 0.6 is 23.2 Å². The van der Waals surface area contributed by atoms with Gasteiger partial charge >= 0.3 is 0 Å². The van der Waals surface area contributed by atoms with Crippen LogP contribution in [-0.2, 0) is 0 Å². The summed E-state index contributed by atoms with van der Waals surface area (Å²) in [5.41, 5.74) is 2.31. The predicted molar refractivity (Wildman–Crippen MR) is 62.3 cm³/mol. The fraction of sp³-hybridized carbons (Fsp3) is 0.364. The molecule has 0 aromatic heterocycles. The molecule has 2 nitrogen and oxygen atoms in total. The van der Waals surface area contributed by atoms with E-state index < -0.39 is 4.84 Å². The lowest BCUT2D eigenvalue weighted by Crippen LogP contribution is -2.12. The first-order valence-corrected chi connectivity index (χ1v) is 5.32. The van der Waals surface area contributed by atoms with Gasteiger partial charge in [0, 0.05) is 0 Å². The summed E-state index contributed by atoms with van der Waals surface area (Å²) < 4.78 is 5.14. The minimum Gasteiger partial charge on any atom is -0.496 e.